The number of hydrogen-bond donors (Lipinski definition) is 4. The molecule has 0 aliphatic carbocycles. The van der Waals surface area contributed by atoms with Crippen molar-refractivity contribution in [3.05, 3.63) is 33.1 Å². The van der Waals surface area contributed by atoms with Gasteiger partial charge in [-0.1, -0.05) is 0 Å². The van der Waals surface area contributed by atoms with Crippen LogP contribution in [0.5, 0.6) is 0 Å². The summed E-state index contributed by atoms with van der Waals surface area (Å²) < 4.78 is 1.20. The first kappa shape index (κ1) is 12.5. The van der Waals surface area contributed by atoms with E-state index in [-0.39, 0.29) is 21.6 Å². The molecule has 2 heterocycles. The van der Waals surface area contributed by atoms with Gasteiger partial charge in [0.15, 0.2) is 0 Å². The van der Waals surface area contributed by atoms with Crippen LogP contribution >= 0.6 is 0 Å². The van der Waals surface area contributed by atoms with E-state index in [1.165, 1.54) is 16.8 Å². The van der Waals surface area contributed by atoms with Crippen LogP contribution in [-0.4, -0.2) is 58.6 Å². The molecular formula is C9H12N2O5Se. The van der Waals surface area contributed by atoms with Gasteiger partial charge < -0.3 is 0 Å². The van der Waals surface area contributed by atoms with Gasteiger partial charge in [-0.25, -0.2) is 0 Å². The summed E-state index contributed by atoms with van der Waals surface area (Å²) >= 11 is -0.324. The number of hydrogen-bond acceptors (Lipinski definition) is 5. The summed E-state index contributed by atoms with van der Waals surface area (Å²) in [5.74, 6) is 0. The zero-order valence-corrected chi connectivity index (χ0v) is 10.4. The molecule has 1 aliphatic rings. The number of nitrogens with one attached hydrogen (secondary N) is 1. The number of aliphatic hydroxyl groups excluding tert-OH is 3. The molecular weight excluding hydrogens is 295 g/mol. The molecule has 1 saturated heterocycles. The third-order valence-electron chi connectivity index (χ3n) is 2.64. The Balaban J connectivity index is 2.35. The first-order valence-corrected chi connectivity index (χ1v) is 6.96. The van der Waals surface area contributed by atoms with Gasteiger partial charge in [-0.05, 0) is 0 Å². The number of H-pyrrole nitrogens is 1. The van der Waals surface area contributed by atoms with Gasteiger partial charge in [0.1, 0.15) is 0 Å². The zero-order valence-electron chi connectivity index (χ0n) is 8.68. The van der Waals surface area contributed by atoms with Crippen molar-refractivity contribution < 1.29 is 15.3 Å². The maximum absolute atomic E-state index is 11.5. The van der Waals surface area contributed by atoms with E-state index in [2.05, 4.69) is 4.98 Å². The number of aliphatic hydroxyl groups is 3. The monoisotopic (exact) mass is 308 g/mol. The molecule has 0 unspecified atom stereocenters. The van der Waals surface area contributed by atoms with Gasteiger partial charge in [0.25, 0.3) is 0 Å². The Hall–Kier alpha value is -0.921. The fourth-order valence-electron chi connectivity index (χ4n) is 1.74. The molecule has 4 N–H and O–H groups in total. The topological polar surface area (TPSA) is 116 Å². The Kier molecular flexibility index (Phi) is 3.50. The molecule has 1 aromatic rings. The minimum absolute atomic E-state index is 0.229. The third kappa shape index (κ3) is 2.22. The molecule has 1 aromatic heterocycles. The van der Waals surface area contributed by atoms with Crippen LogP contribution in [0.2, 0.25) is 4.82 Å². The summed E-state index contributed by atoms with van der Waals surface area (Å²) in [4.78, 5) is 23.6. The van der Waals surface area contributed by atoms with Crippen molar-refractivity contribution in [1.82, 2.24) is 9.55 Å². The summed E-state index contributed by atoms with van der Waals surface area (Å²) in [5.41, 5.74) is -1.13. The van der Waals surface area contributed by atoms with E-state index in [1.807, 2.05) is 0 Å². The Bertz CT molecular complexity index is 513. The molecule has 94 valence electrons. The molecule has 17 heavy (non-hydrogen) atoms. The molecule has 8 heteroatoms. The Morgan fingerprint density at radius 2 is 2.06 bits per heavy atom. The predicted octanol–water partition coefficient (Wildman–Crippen LogP) is -2.74. The summed E-state index contributed by atoms with van der Waals surface area (Å²) in [6, 6.07) is 1.18. The van der Waals surface area contributed by atoms with Gasteiger partial charge >= 0.3 is 102 Å². The number of aromatic amines is 1. The summed E-state index contributed by atoms with van der Waals surface area (Å²) in [6.07, 6.45) is -0.844. The number of rotatable bonds is 2. The average molecular weight is 307 g/mol. The average Bonchev–Trinajstić information content (AvgIpc) is 2.57. The van der Waals surface area contributed by atoms with Crippen LogP contribution in [0.1, 0.15) is 4.94 Å². The second-order valence-corrected chi connectivity index (χ2v) is 6.60. The zero-order chi connectivity index (χ0) is 12.6. The van der Waals surface area contributed by atoms with E-state index in [4.69, 9.17) is 5.11 Å². The fraction of sp³-hybridized carbons (Fsp3) is 0.556. The molecule has 1 aliphatic heterocycles. The van der Waals surface area contributed by atoms with Crippen molar-refractivity contribution >= 4 is 15.0 Å². The summed E-state index contributed by atoms with van der Waals surface area (Å²) in [6.45, 7) is -0.229. The van der Waals surface area contributed by atoms with Gasteiger partial charge in [0.05, 0.1) is 0 Å². The van der Waals surface area contributed by atoms with Gasteiger partial charge in [0, 0.05) is 0 Å². The summed E-state index contributed by atoms with van der Waals surface area (Å²) in [5, 5.41) is 28.5. The molecule has 0 amide bonds. The van der Waals surface area contributed by atoms with Crippen LogP contribution in [0.4, 0.5) is 0 Å². The molecule has 0 saturated carbocycles. The minimum atomic E-state index is -1.10. The van der Waals surface area contributed by atoms with E-state index >= 15 is 0 Å². The summed E-state index contributed by atoms with van der Waals surface area (Å²) in [7, 11) is 0. The van der Waals surface area contributed by atoms with Gasteiger partial charge in [-0.2, -0.15) is 0 Å². The van der Waals surface area contributed by atoms with E-state index in [1.54, 1.807) is 0 Å². The number of aromatic nitrogens is 2. The van der Waals surface area contributed by atoms with Crippen molar-refractivity contribution in [3.8, 4) is 0 Å². The van der Waals surface area contributed by atoms with E-state index in [9.17, 15) is 19.8 Å². The number of nitrogens with zero attached hydrogens (tertiary/aromatic N) is 1. The van der Waals surface area contributed by atoms with E-state index in [0.717, 1.165) is 0 Å². The van der Waals surface area contributed by atoms with Crippen molar-refractivity contribution in [2.24, 2.45) is 0 Å². The van der Waals surface area contributed by atoms with Crippen LogP contribution < -0.4 is 11.2 Å². The first-order chi connectivity index (χ1) is 8.04. The first-order valence-electron chi connectivity index (χ1n) is 4.98. The normalized spacial score (nSPS) is 32.9. The molecule has 7 nitrogen and oxygen atoms in total. The Morgan fingerprint density at radius 3 is 2.59 bits per heavy atom. The second kappa shape index (κ2) is 4.75. The Morgan fingerprint density at radius 1 is 1.35 bits per heavy atom. The molecule has 0 spiro atoms. The molecule has 0 aromatic carbocycles. The third-order valence-corrected chi connectivity index (χ3v) is 5.92. The van der Waals surface area contributed by atoms with Crippen molar-refractivity contribution in [3.63, 3.8) is 0 Å². The molecule has 1 fully saturated rings. The molecule has 4 atom stereocenters. The standard InChI is InChI=1S/C9H12N2O5Se/c12-3-4-6(14)7(15)8(17-4)11-2-1-5(13)10-9(11)16/h1-2,4,6-8,12,14-15H,3H2,(H,10,13,16)/t4-,6+,7+,8-/m1/s1. The van der Waals surface area contributed by atoms with Crippen LogP contribution in [-0.2, 0) is 0 Å². The van der Waals surface area contributed by atoms with E-state index < -0.39 is 33.2 Å². The van der Waals surface area contributed by atoms with Crippen molar-refractivity contribution in [2.75, 3.05) is 6.61 Å². The van der Waals surface area contributed by atoms with Gasteiger partial charge in [-0.15, -0.1) is 0 Å². The quantitative estimate of drug-likeness (QED) is 0.442. The molecule has 0 bridgehead atoms. The SMILES string of the molecule is O=c1ccn([C@@H]2[Se][C@H](CO)[C@H](O)[C@@H]2O)c(=O)[nH]1. The maximum atomic E-state index is 11.5. The van der Waals surface area contributed by atoms with Crippen LogP contribution in [0.15, 0.2) is 21.9 Å². The predicted molar refractivity (Wildman–Crippen MR) is 59.0 cm³/mol. The van der Waals surface area contributed by atoms with Gasteiger partial charge in [0.2, 0.25) is 0 Å². The Labute approximate surface area is 102 Å². The second-order valence-electron chi connectivity index (χ2n) is 3.75. The van der Waals surface area contributed by atoms with Crippen molar-refractivity contribution in [2.45, 2.75) is 22.0 Å². The van der Waals surface area contributed by atoms with Crippen LogP contribution in [0.3, 0.4) is 0 Å². The fourth-order valence-corrected chi connectivity index (χ4v) is 4.64. The van der Waals surface area contributed by atoms with E-state index in [0.29, 0.717) is 0 Å². The van der Waals surface area contributed by atoms with Gasteiger partial charge in [-0.3, -0.25) is 0 Å². The molecule has 0 radical (unpaired) electrons. The van der Waals surface area contributed by atoms with Crippen LogP contribution in [0.25, 0.3) is 0 Å². The molecule has 2 rings (SSSR count). The van der Waals surface area contributed by atoms with Crippen molar-refractivity contribution in [1.29, 1.82) is 0 Å². The van der Waals surface area contributed by atoms with Crippen LogP contribution in [0, 0.1) is 0 Å².